The predicted molar refractivity (Wildman–Crippen MR) is 89.5 cm³/mol. The van der Waals surface area contributed by atoms with Crippen LogP contribution in [0.1, 0.15) is 32.1 Å². The molecule has 0 unspecified atom stereocenters. The van der Waals surface area contributed by atoms with Crippen molar-refractivity contribution in [3.05, 3.63) is 54.0 Å². The zero-order valence-electron chi connectivity index (χ0n) is 13.4. The fourth-order valence-electron chi connectivity index (χ4n) is 1.93. The van der Waals surface area contributed by atoms with Crippen LogP contribution in [0.2, 0.25) is 0 Å². The Morgan fingerprint density at radius 1 is 1.22 bits per heavy atom. The summed E-state index contributed by atoms with van der Waals surface area (Å²) >= 11 is 0. The lowest BCUT2D eigenvalue weighted by Gasteiger charge is -2.19. The molecule has 0 radical (unpaired) electrons. The molecular formula is C16H21N3O3S. The molecule has 0 bridgehead atoms. The third-order valence-electron chi connectivity index (χ3n) is 3.25. The Morgan fingerprint density at radius 3 is 2.39 bits per heavy atom. The number of rotatable bonds is 4. The Hall–Kier alpha value is -2.28. The van der Waals surface area contributed by atoms with E-state index in [1.807, 2.05) is 0 Å². The molecule has 3 N–H and O–H groups in total. The van der Waals surface area contributed by atoms with Crippen LogP contribution < -0.4 is 10.5 Å². The van der Waals surface area contributed by atoms with Crippen molar-refractivity contribution < 1.29 is 12.8 Å². The van der Waals surface area contributed by atoms with E-state index in [-0.39, 0.29) is 22.8 Å². The van der Waals surface area contributed by atoms with Gasteiger partial charge in [-0.2, -0.15) is 0 Å². The second kappa shape index (κ2) is 6.45. The number of aliphatic imine (C=N–C) groups is 1. The Kier molecular flexibility index (Phi) is 4.79. The molecule has 0 saturated carbocycles. The van der Waals surface area contributed by atoms with E-state index in [0.29, 0.717) is 5.76 Å². The summed E-state index contributed by atoms with van der Waals surface area (Å²) in [6.07, 6.45) is 1.52. The van der Waals surface area contributed by atoms with Gasteiger partial charge in [-0.05, 0) is 35.2 Å². The number of nitrogens with zero attached hydrogens (tertiary/aromatic N) is 1. The van der Waals surface area contributed by atoms with Gasteiger partial charge in [0.15, 0.2) is 0 Å². The smallest absolute Gasteiger partial charge is 0.264 e. The van der Waals surface area contributed by atoms with Gasteiger partial charge in [0, 0.05) is 0 Å². The Morgan fingerprint density at radius 2 is 1.87 bits per heavy atom. The first-order valence-corrected chi connectivity index (χ1v) is 8.62. The largest absolute Gasteiger partial charge is 0.467 e. The summed E-state index contributed by atoms with van der Waals surface area (Å²) in [6.45, 7) is 6.36. The molecule has 0 amide bonds. The minimum atomic E-state index is -3.75. The van der Waals surface area contributed by atoms with E-state index in [1.165, 1.54) is 6.26 Å². The van der Waals surface area contributed by atoms with Crippen LogP contribution in [-0.4, -0.2) is 14.4 Å². The first kappa shape index (κ1) is 17.1. The van der Waals surface area contributed by atoms with E-state index < -0.39 is 10.0 Å². The van der Waals surface area contributed by atoms with E-state index in [4.69, 9.17) is 10.2 Å². The van der Waals surface area contributed by atoms with Gasteiger partial charge >= 0.3 is 0 Å². The molecule has 6 nitrogen and oxygen atoms in total. The average Bonchev–Trinajstić information content (AvgIpc) is 2.97. The first-order valence-electron chi connectivity index (χ1n) is 7.14. The van der Waals surface area contributed by atoms with Gasteiger partial charge in [-0.3, -0.25) is 0 Å². The van der Waals surface area contributed by atoms with Crippen LogP contribution in [0.5, 0.6) is 0 Å². The van der Waals surface area contributed by atoms with Gasteiger partial charge in [0.05, 0.1) is 11.2 Å². The molecule has 2 aromatic rings. The maximum atomic E-state index is 12.3. The molecule has 0 aliphatic carbocycles. The summed E-state index contributed by atoms with van der Waals surface area (Å²) in [7, 11) is -3.75. The molecule has 7 heteroatoms. The number of furan rings is 1. The molecule has 1 aromatic heterocycles. The Labute approximate surface area is 136 Å². The summed E-state index contributed by atoms with van der Waals surface area (Å²) < 4.78 is 31.9. The van der Waals surface area contributed by atoms with Gasteiger partial charge in [0.25, 0.3) is 10.0 Å². The van der Waals surface area contributed by atoms with Gasteiger partial charge in [0.1, 0.15) is 12.3 Å². The molecule has 0 atom stereocenters. The molecular weight excluding hydrogens is 314 g/mol. The molecule has 0 fully saturated rings. The summed E-state index contributed by atoms with van der Waals surface area (Å²) in [5.41, 5.74) is 6.64. The number of benzene rings is 1. The van der Waals surface area contributed by atoms with Crippen molar-refractivity contribution in [2.45, 2.75) is 37.6 Å². The number of hydrogen-bond acceptors (Lipinski definition) is 4. The molecule has 124 valence electrons. The molecule has 0 aliphatic rings. The minimum Gasteiger partial charge on any atom is -0.467 e. The van der Waals surface area contributed by atoms with Crippen LogP contribution in [-0.2, 0) is 22.0 Å². The fourth-order valence-corrected chi connectivity index (χ4v) is 2.88. The van der Waals surface area contributed by atoms with Crippen molar-refractivity contribution in [3.63, 3.8) is 0 Å². The average molecular weight is 335 g/mol. The second-order valence-corrected chi connectivity index (χ2v) is 7.84. The zero-order chi connectivity index (χ0) is 17.1. The number of sulfonamides is 1. The normalized spacial score (nSPS) is 13.1. The molecule has 2 rings (SSSR count). The summed E-state index contributed by atoms with van der Waals surface area (Å²) in [4.78, 5) is 4.08. The highest BCUT2D eigenvalue weighted by molar-refractivity contribution is 7.90. The minimum absolute atomic E-state index is 0.0424. The quantitative estimate of drug-likeness (QED) is 0.662. The second-order valence-electron chi connectivity index (χ2n) is 6.16. The summed E-state index contributed by atoms with van der Waals surface area (Å²) in [5, 5.41) is 0. The van der Waals surface area contributed by atoms with Crippen molar-refractivity contribution in [2.75, 3.05) is 0 Å². The summed E-state index contributed by atoms with van der Waals surface area (Å²) in [5.74, 6) is 0.419. The Bertz CT molecular complexity index is 771. The van der Waals surface area contributed by atoms with Crippen LogP contribution in [0.25, 0.3) is 0 Å². The number of nitrogens with one attached hydrogen (secondary N) is 1. The van der Waals surface area contributed by atoms with Crippen molar-refractivity contribution in [1.82, 2.24) is 4.72 Å². The lowest BCUT2D eigenvalue weighted by atomic mass is 9.87. The van der Waals surface area contributed by atoms with Crippen LogP contribution >= 0.6 is 0 Å². The Balaban J connectivity index is 2.10. The van der Waals surface area contributed by atoms with Crippen LogP contribution in [0, 0.1) is 0 Å². The van der Waals surface area contributed by atoms with Gasteiger partial charge in [-0.15, -0.1) is 0 Å². The van der Waals surface area contributed by atoms with Gasteiger partial charge in [0.2, 0.25) is 5.96 Å². The molecule has 23 heavy (non-hydrogen) atoms. The molecule has 0 saturated heterocycles. The number of hydrogen-bond donors (Lipinski definition) is 2. The molecule has 1 heterocycles. The lowest BCUT2D eigenvalue weighted by Crippen LogP contribution is -2.36. The van der Waals surface area contributed by atoms with Crippen molar-refractivity contribution in [2.24, 2.45) is 10.7 Å². The van der Waals surface area contributed by atoms with Crippen molar-refractivity contribution >= 4 is 16.0 Å². The third-order valence-corrected chi connectivity index (χ3v) is 4.63. The maximum absolute atomic E-state index is 12.3. The van der Waals surface area contributed by atoms with Gasteiger partial charge < -0.3 is 10.2 Å². The number of guanidine groups is 1. The van der Waals surface area contributed by atoms with Crippen LogP contribution in [0.15, 0.2) is 57.0 Å². The maximum Gasteiger partial charge on any atom is 0.264 e. The molecule has 0 spiro atoms. The lowest BCUT2D eigenvalue weighted by molar-refractivity contribution is 0.512. The third kappa shape index (κ3) is 4.59. The summed E-state index contributed by atoms with van der Waals surface area (Å²) in [6, 6.07) is 10.2. The van der Waals surface area contributed by atoms with E-state index in [2.05, 4.69) is 30.5 Å². The van der Waals surface area contributed by atoms with Crippen LogP contribution in [0.4, 0.5) is 0 Å². The number of nitrogens with two attached hydrogens (primary N) is 1. The standard InChI is InChI=1S/C16H21N3O3S/c1-16(2,3)12-6-8-14(9-7-12)23(20,21)19-15(17)18-11-13-5-4-10-22-13/h4-10H,11H2,1-3H3,(H3,17,18,19). The monoisotopic (exact) mass is 335 g/mol. The van der Waals surface area contributed by atoms with E-state index in [0.717, 1.165) is 5.56 Å². The van der Waals surface area contributed by atoms with Gasteiger partial charge in [-0.1, -0.05) is 32.9 Å². The highest BCUT2D eigenvalue weighted by atomic mass is 32.2. The fraction of sp³-hybridized carbons (Fsp3) is 0.312. The van der Waals surface area contributed by atoms with Crippen LogP contribution in [0.3, 0.4) is 0 Å². The topological polar surface area (TPSA) is 97.7 Å². The van der Waals surface area contributed by atoms with Crippen molar-refractivity contribution in [3.8, 4) is 0 Å². The predicted octanol–water partition coefficient (Wildman–Crippen LogP) is 2.37. The molecule has 1 aromatic carbocycles. The van der Waals surface area contributed by atoms with E-state index in [9.17, 15) is 8.42 Å². The highest BCUT2D eigenvalue weighted by Crippen LogP contribution is 2.23. The SMILES string of the molecule is CC(C)(C)c1ccc(S(=O)(=O)NC(N)=NCc2ccco2)cc1. The zero-order valence-corrected chi connectivity index (χ0v) is 14.2. The first-order chi connectivity index (χ1) is 10.7. The van der Waals surface area contributed by atoms with Crippen molar-refractivity contribution in [1.29, 1.82) is 0 Å². The molecule has 0 aliphatic heterocycles. The highest BCUT2D eigenvalue weighted by Gasteiger charge is 2.18. The van der Waals surface area contributed by atoms with E-state index >= 15 is 0 Å². The van der Waals surface area contributed by atoms with Gasteiger partial charge in [-0.25, -0.2) is 18.1 Å². The van der Waals surface area contributed by atoms with E-state index in [1.54, 1.807) is 36.4 Å².